The molecule has 0 heterocycles. The average molecular weight is 308 g/mol. The van der Waals surface area contributed by atoms with Crippen molar-refractivity contribution >= 4 is 0 Å². The first-order valence-corrected chi connectivity index (χ1v) is 4.75. The summed E-state index contributed by atoms with van der Waals surface area (Å²) in [5.74, 6) is -25.2. The lowest BCUT2D eigenvalue weighted by molar-refractivity contribution is -0.376. The molecule has 0 rings (SSSR count). The van der Waals surface area contributed by atoms with Crippen LogP contribution in [0.1, 0.15) is 20.8 Å². The van der Waals surface area contributed by atoms with Gasteiger partial charge in [0.05, 0.1) is 0 Å². The lowest BCUT2D eigenvalue weighted by Crippen LogP contribution is -2.66. The van der Waals surface area contributed by atoms with E-state index in [-0.39, 0.29) is 13.8 Å². The molecule has 0 amide bonds. The number of alkyl halides is 10. The predicted octanol–water partition coefficient (Wildman–Crippen LogP) is 4.63. The largest absolute Gasteiger partial charge is 0.381 e. The quantitative estimate of drug-likeness (QED) is 0.649. The highest BCUT2D eigenvalue weighted by atomic mass is 19.4. The van der Waals surface area contributed by atoms with Gasteiger partial charge in [-0.3, -0.25) is 0 Å². The van der Waals surface area contributed by atoms with Crippen LogP contribution >= 0.6 is 0 Å². The van der Waals surface area contributed by atoms with Gasteiger partial charge >= 0.3 is 23.7 Å². The molecule has 0 saturated carbocycles. The maximum Gasteiger partial charge on any atom is 0.381 e. The van der Waals surface area contributed by atoms with Crippen LogP contribution < -0.4 is 0 Å². The molecule has 116 valence electrons. The Morgan fingerprint density at radius 2 is 0.947 bits per heavy atom. The molecule has 0 aliphatic rings. The van der Waals surface area contributed by atoms with E-state index in [1.807, 2.05) is 0 Å². The molecule has 0 radical (unpaired) electrons. The average Bonchev–Trinajstić information content (AvgIpc) is 2.12. The van der Waals surface area contributed by atoms with Gasteiger partial charge in [-0.05, 0) is 13.8 Å². The molecule has 1 unspecified atom stereocenters. The fourth-order valence-corrected chi connectivity index (χ4v) is 1.08. The molecule has 0 saturated heterocycles. The topological polar surface area (TPSA) is 0 Å². The van der Waals surface area contributed by atoms with Gasteiger partial charge in [0.15, 0.2) is 0 Å². The molecule has 0 nitrogen and oxygen atoms in total. The fraction of sp³-hybridized carbons (Fsp3) is 1.00. The minimum absolute atomic E-state index is 0.0872. The van der Waals surface area contributed by atoms with E-state index in [9.17, 15) is 43.9 Å². The van der Waals surface area contributed by atoms with Gasteiger partial charge in [0.1, 0.15) is 5.67 Å². The van der Waals surface area contributed by atoms with E-state index in [0.29, 0.717) is 0 Å². The summed E-state index contributed by atoms with van der Waals surface area (Å²) in [5, 5.41) is 0. The first kappa shape index (κ1) is 18.3. The van der Waals surface area contributed by atoms with E-state index in [1.54, 1.807) is 0 Å². The van der Waals surface area contributed by atoms with Gasteiger partial charge < -0.3 is 0 Å². The smallest absolute Gasteiger partial charge is 0.241 e. The summed E-state index contributed by atoms with van der Waals surface area (Å²) < 4.78 is 127. The second-order valence-corrected chi connectivity index (χ2v) is 4.59. The minimum atomic E-state index is -6.78. The molecule has 0 aromatic carbocycles. The number of hydrogen-bond acceptors (Lipinski definition) is 0. The van der Waals surface area contributed by atoms with Crippen molar-refractivity contribution in [3.8, 4) is 0 Å². The van der Waals surface area contributed by atoms with Crippen molar-refractivity contribution in [1.29, 1.82) is 0 Å². The molecule has 19 heavy (non-hydrogen) atoms. The predicted molar refractivity (Wildman–Crippen MR) is 45.5 cm³/mol. The van der Waals surface area contributed by atoms with Gasteiger partial charge in [0.2, 0.25) is 6.17 Å². The van der Waals surface area contributed by atoms with Crippen molar-refractivity contribution in [3.05, 3.63) is 0 Å². The first-order chi connectivity index (χ1) is 7.90. The number of halogens is 10. The molecule has 0 aromatic rings. The van der Waals surface area contributed by atoms with E-state index < -0.39 is 42.5 Å². The van der Waals surface area contributed by atoms with Crippen molar-refractivity contribution in [2.45, 2.75) is 56.3 Å². The molecular formula is C9H10F10. The van der Waals surface area contributed by atoms with Crippen molar-refractivity contribution < 1.29 is 43.9 Å². The number of hydrogen-bond donors (Lipinski definition) is 0. The van der Waals surface area contributed by atoms with Gasteiger partial charge in [0.25, 0.3) is 0 Å². The Hall–Kier alpha value is -0.700. The van der Waals surface area contributed by atoms with Crippen LogP contribution in [0, 0.1) is 0 Å². The summed E-state index contributed by atoms with van der Waals surface area (Å²) in [6.45, 7) is -0.557. The Labute approximate surface area is 101 Å². The zero-order valence-electron chi connectivity index (χ0n) is 9.86. The summed E-state index contributed by atoms with van der Waals surface area (Å²) in [7, 11) is 0. The van der Waals surface area contributed by atoms with Crippen molar-refractivity contribution in [2.24, 2.45) is 0 Å². The zero-order valence-corrected chi connectivity index (χ0v) is 9.86. The Balaban J connectivity index is 5.78. The zero-order chi connectivity index (χ0) is 16.1. The van der Waals surface area contributed by atoms with Crippen molar-refractivity contribution in [1.82, 2.24) is 0 Å². The summed E-state index contributed by atoms with van der Waals surface area (Å²) in [6.07, 6.45) is -4.40. The summed E-state index contributed by atoms with van der Waals surface area (Å²) in [5.41, 5.74) is -3.63. The van der Waals surface area contributed by atoms with Crippen molar-refractivity contribution in [3.63, 3.8) is 0 Å². The summed E-state index contributed by atoms with van der Waals surface area (Å²) in [4.78, 5) is 0. The lowest BCUT2D eigenvalue weighted by atomic mass is 9.90. The highest BCUT2D eigenvalue weighted by Gasteiger charge is 2.82. The maximum absolute atomic E-state index is 12.9. The van der Waals surface area contributed by atoms with E-state index >= 15 is 0 Å². The van der Waals surface area contributed by atoms with E-state index in [2.05, 4.69) is 0 Å². The van der Waals surface area contributed by atoms with Crippen LogP contribution in [-0.4, -0.2) is 35.5 Å². The lowest BCUT2D eigenvalue weighted by Gasteiger charge is -2.38. The van der Waals surface area contributed by atoms with Crippen LogP contribution in [0.25, 0.3) is 0 Å². The third kappa shape index (κ3) is 2.76. The Morgan fingerprint density at radius 3 is 1.16 bits per heavy atom. The minimum Gasteiger partial charge on any atom is -0.241 e. The molecule has 0 spiro atoms. The molecule has 0 N–H and O–H groups in total. The van der Waals surface area contributed by atoms with Gasteiger partial charge in [-0.2, -0.15) is 35.1 Å². The Morgan fingerprint density at radius 1 is 0.632 bits per heavy atom. The number of rotatable bonds is 5. The molecular weight excluding hydrogens is 298 g/mol. The molecule has 0 aliphatic carbocycles. The van der Waals surface area contributed by atoms with Gasteiger partial charge in [-0.1, -0.05) is 0 Å². The second kappa shape index (κ2) is 4.41. The standard InChI is InChI=1S/C9H10F10/c1-5(2,11)4(10)7(14,15)9(18,19)8(16,17)6(3,12)13/h4H,1-3H3. The Kier molecular flexibility index (Phi) is 4.24. The maximum atomic E-state index is 12.9. The fourth-order valence-electron chi connectivity index (χ4n) is 1.08. The van der Waals surface area contributed by atoms with Crippen LogP contribution in [-0.2, 0) is 0 Å². The molecule has 0 aromatic heterocycles. The summed E-state index contributed by atoms with van der Waals surface area (Å²) in [6, 6.07) is 0. The Bertz CT molecular complexity index is 321. The normalized spacial score (nSPS) is 17.5. The molecule has 1 atom stereocenters. The van der Waals surface area contributed by atoms with Crippen LogP contribution in [0.2, 0.25) is 0 Å². The molecule has 0 aliphatic heterocycles. The molecule has 10 heteroatoms. The third-order valence-electron chi connectivity index (χ3n) is 2.29. The van der Waals surface area contributed by atoms with E-state index in [1.165, 1.54) is 0 Å². The van der Waals surface area contributed by atoms with E-state index in [4.69, 9.17) is 0 Å². The highest BCUT2D eigenvalue weighted by Crippen LogP contribution is 2.55. The van der Waals surface area contributed by atoms with E-state index in [0.717, 1.165) is 0 Å². The van der Waals surface area contributed by atoms with Gasteiger partial charge in [0, 0.05) is 6.92 Å². The first-order valence-electron chi connectivity index (χ1n) is 4.75. The molecule has 0 bridgehead atoms. The van der Waals surface area contributed by atoms with Gasteiger partial charge in [-0.15, -0.1) is 0 Å². The summed E-state index contributed by atoms with van der Waals surface area (Å²) >= 11 is 0. The molecule has 0 fully saturated rings. The van der Waals surface area contributed by atoms with Crippen molar-refractivity contribution in [2.75, 3.05) is 0 Å². The third-order valence-corrected chi connectivity index (χ3v) is 2.29. The van der Waals surface area contributed by atoms with Crippen LogP contribution in [0.4, 0.5) is 43.9 Å². The van der Waals surface area contributed by atoms with Crippen LogP contribution in [0.3, 0.4) is 0 Å². The SMILES string of the molecule is CC(C)(F)C(F)C(F)(F)C(F)(F)C(F)(F)C(C)(F)F. The van der Waals surface area contributed by atoms with Crippen LogP contribution in [0.15, 0.2) is 0 Å². The second-order valence-electron chi connectivity index (χ2n) is 4.59. The van der Waals surface area contributed by atoms with Crippen LogP contribution in [0.5, 0.6) is 0 Å². The monoisotopic (exact) mass is 308 g/mol. The highest BCUT2D eigenvalue weighted by molar-refractivity contribution is 5.07. The van der Waals surface area contributed by atoms with Gasteiger partial charge in [-0.25, -0.2) is 8.78 Å².